The van der Waals surface area contributed by atoms with Gasteiger partial charge < -0.3 is 15.3 Å². The number of carbonyl (C=O) groups excluding carboxylic acids is 1. The van der Waals surface area contributed by atoms with Gasteiger partial charge in [-0.3, -0.25) is 9.59 Å². The van der Waals surface area contributed by atoms with Gasteiger partial charge in [0, 0.05) is 30.1 Å². The number of pyridine rings is 1. The minimum Gasteiger partial charge on any atom is -0.346 e. The molecule has 0 saturated carbocycles. The first-order valence-electron chi connectivity index (χ1n) is 9.52. The Balaban J connectivity index is 1.24. The molecule has 0 bridgehead atoms. The van der Waals surface area contributed by atoms with Crippen molar-refractivity contribution in [2.45, 2.75) is 32.2 Å². The summed E-state index contributed by atoms with van der Waals surface area (Å²) in [6.07, 6.45) is 5.26. The zero-order valence-corrected chi connectivity index (χ0v) is 16.6. The number of nitrogens with one attached hydrogen (secondary N) is 3. The number of fused-ring (bicyclic) bond motifs is 1. The Labute approximate surface area is 171 Å². The van der Waals surface area contributed by atoms with E-state index in [9.17, 15) is 9.59 Å². The highest BCUT2D eigenvalue weighted by Crippen LogP contribution is 2.15. The van der Waals surface area contributed by atoms with Crippen molar-refractivity contribution in [1.29, 1.82) is 0 Å². The number of carbonyl (C=O) groups is 1. The average Bonchev–Trinajstić information content (AvgIpc) is 3.37. The Morgan fingerprint density at radius 1 is 1.07 bits per heavy atom. The maximum Gasteiger partial charge on any atom is 0.271 e. The number of hydrogen-bond acceptors (Lipinski definition) is 5. The summed E-state index contributed by atoms with van der Waals surface area (Å²) in [5, 5.41) is 5.45. The predicted molar refractivity (Wildman–Crippen MR) is 113 cm³/mol. The van der Waals surface area contributed by atoms with E-state index < -0.39 is 0 Å². The molecule has 0 unspecified atom stereocenters. The second-order valence-electron chi connectivity index (χ2n) is 6.74. The number of imidazole rings is 1. The van der Waals surface area contributed by atoms with Crippen molar-refractivity contribution >= 4 is 28.3 Å². The molecule has 1 amide bonds. The van der Waals surface area contributed by atoms with Gasteiger partial charge in [-0.25, -0.2) is 9.97 Å². The van der Waals surface area contributed by atoms with Crippen LogP contribution in [0, 0.1) is 0 Å². The van der Waals surface area contributed by atoms with E-state index in [1.165, 1.54) is 11.3 Å². The summed E-state index contributed by atoms with van der Waals surface area (Å²) in [6.45, 7) is 0.180. The van der Waals surface area contributed by atoms with Gasteiger partial charge in [0.05, 0.1) is 16.0 Å². The minimum atomic E-state index is -0.266. The third kappa shape index (κ3) is 4.78. The van der Waals surface area contributed by atoms with Crippen LogP contribution in [0.5, 0.6) is 0 Å². The zero-order valence-electron chi connectivity index (χ0n) is 15.8. The number of aromatic amines is 2. The van der Waals surface area contributed by atoms with Crippen molar-refractivity contribution in [3.8, 4) is 0 Å². The highest BCUT2D eigenvalue weighted by molar-refractivity contribution is 7.09. The number of aryl methyl sites for hydroxylation is 2. The van der Waals surface area contributed by atoms with Gasteiger partial charge in [0.2, 0.25) is 0 Å². The van der Waals surface area contributed by atoms with Crippen LogP contribution in [0.25, 0.3) is 11.0 Å². The Hall–Kier alpha value is -3.26. The normalized spacial score (nSPS) is 11.0. The van der Waals surface area contributed by atoms with Gasteiger partial charge in [-0.15, -0.1) is 11.3 Å². The number of unbranched alkanes of at least 4 members (excludes halogenated alkanes) is 1. The summed E-state index contributed by atoms with van der Waals surface area (Å²) >= 11 is 1.49. The number of thiazole rings is 1. The van der Waals surface area contributed by atoms with E-state index in [0.717, 1.165) is 47.5 Å². The molecule has 0 radical (unpaired) electrons. The van der Waals surface area contributed by atoms with Crippen molar-refractivity contribution in [2.24, 2.45) is 0 Å². The van der Waals surface area contributed by atoms with Crippen LogP contribution in [0.15, 0.2) is 52.8 Å². The maximum absolute atomic E-state index is 12.3. The van der Waals surface area contributed by atoms with Crippen LogP contribution in [0.1, 0.15) is 39.7 Å². The van der Waals surface area contributed by atoms with Gasteiger partial charge in [-0.1, -0.05) is 18.2 Å². The molecule has 0 spiro atoms. The van der Waals surface area contributed by atoms with E-state index in [-0.39, 0.29) is 18.0 Å². The Morgan fingerprint density at radius 2 is 1.93 bits per heavy atom. The quantitative estimate of drug-likeness (QED) is 0.390. The Kier molecular flexibility index (Phi) is 5.81. The molecule has 3 N–H and O–H groups in total. The standard InChI is InChI=1S/C21H21N5O2S/c27-20-14(6-5-11-22-20)12-23-21(28)17-13-29-19(26-17)10-4-3-9-18-24-15-7-1-2-8-16(15)25-18/h1-2,5-8,11,13H,3-4,9-10,12H2,(H,22,27)(H,23,28)(H,24,25). The molecule has 0 aliphatic rings. The molecular formula is C21H21N5O2S. The van der Waals surface area contributed by atoms with Crippen LogP contribution in [-0.4, -0.2) is 25.8 Å². The summed E-state index contributed by atoms with van der Waals surface area (Å²) in [5.41, 5.74) is 2.78. The average molecular weight is 407 g/mol. The Bertz CT molecular complexity index is 1140. The topological polar surface area (TPSA) is 104 Å². The van der Waals surface area contributed by atoms with Crippen LogP contribution in [0.4, 0.5) is 0 Å². The number of hydrogen-bond donors (Lipinski definition) is 3. The largest absolute Gasteiger partial charge is 0.346 e. The molecule has 0 saturated heterocycles. The highest BCUT2D eigenvalue weighted by Gasteiger charge is 2.11. The summed E-state index contributed by atoms with van der Waals surface area (Å²) < 4.78 is 0. The first-order valence-corrected chi connectivity index (χ1v) is 10.4. The molecule has 3 heterocycles. The third-order valence-corrected chi connectivity index (χ3v) is 5.52. The number of H-pyrrole nitrogens is 2. The number of nitrogens with zero attached hydrogens (tertiary/aromatic N) is 2. The molecule has 4 rings (SSSR count). The number of benzene rings is 1. The molecule has 0 fully saturated rings. The number of aromatic nitrogens is 4. The molecule has 0 atom stereocenters. The molecular weight excluding hydrogens is 386 g/mol. The van der Waals surface area contributed by atoms with Crippen molar-refractivity contribution in [3.63, 3.8) is 0 Å². The molecule has 8 heteroatoms. The molecule has 1 aromatic carbocycles. The van der Waals surface area contributed by atoms with E-state index in [1.54, 1.807) is 23.7 Å². The molecule has 7 nitrogen and oxygen atoms in total. The van der Waals surface area contributed by atoms with Gasteiger partial charge in [0.1, 0.15) is 11.5 Å². The maximum atomic E-state index is 12.3. The van der Waals surface area contributed by atoms with E-state index in [2.05, 4.69) is 25.3 Å². The summed E-state index contributed by atoms with van der Waals surface area (Å²) in [6, 6.07) is 11.4. The monoisotopic (exact) mass is 407 g/mol. The fourth-order valence-electron chi connectivity index (χ4n) is 3.08. The van der Waals surface area contributed by atoms with Crippen molar-refractivity contribution in [3.05, 3.63) is 80.4 Å². The molecule has 29 heavy (non-hydrogen) atoms. The van der Waals surface area contributed by atoms with Gasteiger partial charge in [0.25, 0.3) is 11.5 Å². The van der Waals surface area contributed by atoms with Crippen molar-refractivity contribution in [2.75, 3.05) is 0 Å². The van der Waals surface area contributed by atoms with E-state index in [0.29, 0.717) is 11.3 Å². The van der Waals surface area contributed by atoms with E-state index in [1.807, 2.05) is 24.3 Å². The molecule has 0 aliphatic carbocycles. The van der Waals surface area contributed by atoms with Crippen LogP contribution in [0.3, 0.4) is 0 Å². The minimum absolute atomic E-state index is 0.180. The fourth-order valence-corrected chi connectivity index (χ4v) is 3.91. The van der Waals surface area contributed by atoms with Crippen LogP contribution in [-0.2, 0) is 19.4 Å². The number of para-hydroxylation sites is 2. The molecule has 148 valence electrons. The lowest BCUT2D eigenvalue weighted by atomic mass is 10.2. The first kappa shape index (κ1) is 19.1. The summed E-state index contributed by atoms with van der Waals surface area (Å²) in [5.74, 6) is 0.735. The number of amides is 1. The van der Waals surface area contributed by atoms with Crippen LogP contribution >= 0.6 is 11.3 Å². The lowest BCUT2D eigenvalue weighted by molar-refractivity contribution is 0.0946. The van der Waals surface area contributed by atoms with Gasteiger partial charge in [-0.2, -0.15) is 0 Å². The second-order valence-corrected chi connectivity index (χ2v) is 7.68. The van der Waals surface area contributed by atoms with Crippen molar-refractivity contribution in [1.82, 2.24) is 25.3 Å². The predicted octanol–water partition coefficient (Wildman–Crippen LogP) is 3.20. The third-order valence-electron chi connectivity index (χ3n) is 4.62. The zero-order chi connectivity index (χ0) is 20.1. The van der Waals surface area contributed by atoms with Crippen LogP contribution in [0.2, 0.25) is 0 Å². The lowest BCUT2D eigenvalue weighted by Gasteiger charge is -2.02. The lowest BCUT2D eigenvalue weighted by Crippen LogP contribution is -2.26. The van der Waals surface area contributed by atoms with Crippen LogP contribution < -0.4 is 10.9 Å². The van der Waals surface area contributed by atoms with Gasteiger partial charge in [0.15, 0.2) is 0 Å². The second kappa shape index (κ2) is 8.83. The molecule has 3 aromatic heterocycles. The fraction of sp³-hybridized carbons (Fsp3) is 0.238. The van der Waals surface area contributed by atoms with Gasteiger partial charge >= 0.3 is 0 Å². The molecule has 0 aliphatic heterocycles. The highest BCUT2D eigenvalue weighted by atomic mass is 32.1. The van der Waals surface area contributed by atoms with Gasteiger partial charge in [-0.05, 0) is 37.5 Å². The first-order chi connectivity index (χ1) is 14.2. The molecule has 4 aromatic rings. The number of rotatable bonds is 8. The van der Waals surface area contributed by atoms with E-state index in [4.69, 9.17) is 0 Å². The van der Waals surface area contributed by atoms with Crippen molar-refractivity contribution < 1.29 is 4.79 Å². The smallest absolute Gasteiger partial charge is 0.271 e. The summed E-state index contributed by atoms with van der Waals surface area (Å²) in [7, 11) is 0. The summed E-state index contributed by atoms with van der Waals surface area (Å²) in [4.78, 5) is 38.8. The SMILES string of the molecule is O=C(NCc1ccc[nH]c1=O)c1csc(CCCCc2nc3ccccc3[nH]2)n1. The van der Waals surface area contributed by atoms with E-state index >= 15 is 0 Å². The Morgan fingerprint density at radius 3 is 2.79 bits per heavy atom.